The minimum Gasteiger partial charge on any atom is -0.496 e. The van der Waals surface area contributed by atoms with Crippen molar-refractivity contribution in [2.45, 2.75) is 30.7 Å². The lowest BCUT2D eigenvalue weighted by Crippen LogP contribution is -2.10. The SMILES string of the molecule is COc1ccccc1-c1noc(CSc2nc(C(C)C)cc(=O)[nH]2)n1. The Balaban J connectivity index is 1.75. The molecule has 3 rings (SSSR count). The molecule has 130 valence electrons. The largest absolute Gasteiger partial charge is 0.496 e. The lowest BCUT2D eigenvalue weighted by Gasteiger charge is -2.05. The molecule has 0 saturated carbocycles. The summed E-state index contributed by atoms with van der Waals surface area (Å²) in [6.45, 7) is 3.99. The Kier molecular flexibility index (Phi) is 5.18. The van der Waals surface area contributed by atoms with Crippen molar-refractivity contribution >= 4 is 11.8 Å². The number of methoxy groups -OCH3 is 1. The predicted octanol–water partition coefficient (Wildman–Crippen LogP) is 3.24. The van der Waals surface area contributed by atoms with E-state index in [1.54, 1.807) is 7.11 Å². The first kappa shape index (κ1) is 17.2. The monoisotopic (exact) mass is 358 g/mol. The van der Waals surface area contributed by atoms with Gasteiger partial charge in [-0.05, 0) is 18.1 Å². The van der Waals surface area contributed by atoms with E-state index in [4.69, 9.17) is 9.26 Å². The molecule has 0 amide bonds. The van der Waals surface area contributed by atoms with Gasteiger partial charge in [-0.25, -0.2) is 4.98 Å². The van der Waals surface area contributed by atoms with Gasteiger partial charge >= 0.3 is 0 Å². The van der Waals surface area contributed by atoms with Crippen molar-refractivity contribution in [1.82, 2.24) is 20.1 Å². The van der Waals surface area contributed by atoms with Crippen LogP contribution in [0.15, 0.2) is 44.8 Å². The van der Waals surface area contributed by atoms with E-state index >= 15 is 0 Å². The summed E-state index contributed by atoms with van der Waals surface area (Å²) in [6, 6.07) is 8.98. The van der Waals surface area contributed by atoms with Gasteiger partial charge in [0.2, 0.25) is 11.7 Å². The molecule has 3 aromatic rings. The Morgan fingerprint density at radius 1 is 1.28 bits per heavy atom. The maximum Gasteiger partial charge on any atom is 0.251 e. The number of aromatic amines is 1. The molecule has 0 unspecified atom stereocenters. The van der Waals surface area contributed by atoms with Crippen LogP contribution < -0.4 is 10.3 Å². The second-order valence-electron chi connectivity index (χ2n) is 5.63. The first-order chi connectivity index (χ1) is 12.1. The number of nitrogens with zero attached hydrogens (tertiary/aromatic N) is 3. The number of ether oxygens (including phenoxy) is 1. The Morgan fingerprint density at radius 3 is 2.84 bits per heavy atom. The third kappa shape index (κ3) is 4.08. The minimum absolute atomic E-state index is 0.165. The molecular weight excluding hydrogens is 340 g/mol. The molecule has 0 aliphatic carbocycles. The number of rotatable bonds is 6. The molecule has 0 saturated heterocycles. The van der Waals surface area contributed by atoms with Crippen molar-refractivity contribution in [2.24, 2.45) is 0 Å². The van der Waals surface area contributed by atoms with E-state index in [2.05, 4.69) is 20.1 Å². The molecule has 0 spiro atoms. The van der Waals surface area contributed by atoms with Gasteiger partial charge in [-0.1, -0.05) is 42.9 Å². The van der Waals surface area contributed by atoms with Crippen molar-refractivity contribution in [3.05, 3.63) is 52.3 Å². The van der Waals surface area contributed by atoms with Crippen LogP contribution in [0.5, 0.6) is 5.75 Å². The van der Waals surface area contributed by atoms with Crippen molar-refractivity contribution in [1.29, 1.82) is 0 Å². The number of hydrogen-bond donors (Lipinski definition) is 1. The van der Waals surface area contributed by atoms with Gasteiger partial charge in [0, 0.05) is 6.07 Å². The van der Waals surface area contributed by atoms with Gasteiger partial charge in [-0.15, -0.1) is 0 Å². The zero-order chi connectivity index (χ0) is 17.8. The molecule has 0 bridgehead atoms. The van der Waals surface area contributed by atoms with E-state index < -0.39 is 0 Å². The normalized spacial score (nSPS) is 11.0. The van der Waals surface area contributed by atoms with E-state index in [9.17, 15) is 4.79 Å². The summed E-state index contributed by atoms with van der Waals surface area (Å²) in [4.78, 5) is 23.3. The van der Waals surface area contributed by atoms with Crippen LogP contribution in [0.1, 0.15) is 31.4 Å². The first-order valence-electron chi connectivity index (χ1n) is 7.77. The zero-order valence-electron chi connectivity index (χ0n) is 14.1. The van der Waals surface area contributed by atoms with Crippen LogP contribution in [0.4, 0.5) is 0 Å². The van der Waals surface area contributed by atoms with E-state index in [-0.39, 0.29) is 11.5 Å². The highest BCUT2D eigenvalue weighted by atomic mass is 32.2. The highest BCUT2D eigenvalue weighted by Crippen LogP contribution is 2.28. The van der Waals surface area contributed by atoms with Crippen molar-refractivity contribution in [3.63, 3.8) is 0 Å². The fraction of sp³-hybridized carbons (Fsp3) is 0.294. The molecule has 0 aliphatic heterocycles. The van der Waals surface area contributed by atoms with Crippen LogP contribution in [-0.2, 0) is 5.75 Å². The Hall–Kier alpha value is -2.61. The molecule has 0 fully saturated rings. The second-order valence-corrected chi connectivity index (χ2v) is 6.59. The fourth-order valence-corrected chi connectivity index (χ4v) is 2.92. The summed E-state index contributed by atoms with van der Waals surface area (Å²) in [7, 11) is 1.60. The number of benzene rings is 1. The average Bonchev–Trinajstić information content (AvgIpc) is 3.08. The Morgan fingerprint density at radius 2 is 2.08 bits per heavy atom. The Labute approximate surface area is 148 Å². The van der Waals surface area contributed by atoms with Crippen LogP contribution in [0.25, 0.3) is 11.4 Å². The smallest absolute Gasteiger partial charge is 0.251 e. The molecular formula is C17H18N4O3S. The van der Waals surface area contributed by atoms with Gasteiger partial charge in [0.05, 0.1) is 24.1 Å². The van der Waals surface area contributed by atoms with E-state index in [1.807, 2.05) is 38.1 Å². The summed E-state index contributed by atoms with van der Waals surface area (Å²) >= 11 is 1.34. The van der Waals surface area contributed by atoms with Crippen LogP contribution in [-0.4, -0.2) is 27.2 Å². The summed E-state index contributed by atoms with van der Waals surface area (Å²) in [5.41, 5.74) is 1.35. The van der Waals surface area contributed by atoms with Gasteiger partial charge in [0.25, 0.3) is 5.56 Å². The molecule has 25 heavy (non-hydrogen) atoms. The molecule has 2 heterocycles. The van der Waals surface area contributed by atoms with Crippen LogP contribution in [0, 0.1) is 0 Å². The topological polar surface area (TPSA) is 93.9 Å². The van der Waals surface area contributed by atoms with E-state index in [1.165, 1.54) is 17.8 Å². The van der Waals surface area contributed by atoms with Crippen LogP contribution >= 0.6 is 11.8 Å². The minimum atomic E-state index is -0.165. The maximum atomic E-state index is 11.7. The zero-order valence-corrected chi connectivity index (χ0v) is 15.0. The molecule has 7 nitrogen and oxygen atoms in total. The molecule has 1 N–H and O–H groups in total. The quantitative estimate of drug-likeness (QED) is 0.534. The standard InChI is InChI=1S/C17H18N4O3S/c1-10(2)12-8-14(22)19-17(18-12)25-9-15-20-16(21-24-15)11-6-4-5-7-13(11)23-3/h4-8,10H,9H2,1-3H3,(H,18,19,22). The van der Waals surface area contributed by atoms with E-state index in [0.29, 0.717) is 28.4 Å². The highest BCUT2D eigenvalue weighted by Gasteiger charge is 2.14. The maximum absolute atomic E-state index is 11.7. The molecule has 2 aromatic heterocycles. The highest BCUT2D eigenvalue weighted by molar-refractivity contribution is 7.98. The van der Waals surface area contributed by atoms with Gasteiger partial charge in [-0.3, -0.25) is 4.79 Å². The summed E-state index contributed by atoms with van der Waals surface area (Å²) in [6.07, 6.45) is 0. The summed E-state index contributed by atoms with van der Waals surface area (Å²) in [5, 5.41) is 4.53. The first-order valence-corrected chi connectivity index (χ1v) is 8.75. The summed E-state index contributed by atoms with van der Waals surface area (Å²) < 4.78 is 10.6. The van der Waals surface area contributed by atoms with Crippen LogP contribution in [0.2, 0.25) is 0 Å². The van der Waals surface area contributed by atoms with Gasteiger partial charge in [0.15, 0.2) is 5.16 Å². The van der Waals surface area contributed by atoms with Gasteiger partial charge in [0.1, 0.15) is 5.75 Å². The number of hydrogen-bond acceptors (Lipinski definition) is 7. The average molecular weight is 358 g/mol. The molecule has 0 aliphatic rings. The lowest BCUT2D eigenvalue weighted by molar-refractivity contribution is 0.390. The predicted molar refractivity (Wildman–Crippen MR) is 94.8 cm³/mol. The molecule has 0 atom stereocenters. The fourth-order valence-electron chi connectivity index (χ4n) is 2.20. The number of H-pyrrole nitrogens is 1. The third-order valence-corrected chi connectivity index (χ3v) is 4.34. The number of para-hydroxylation sites is 1. The molecule has 0 radical (unpaired) electrons. The van der Waals surface area contributed by atoms with Crippen molar-refractivity contribution < 1.29 is 9.26 Å². The molecule has 1 aromatic carbocycles. The Bertz CT molecular complexity index is 920. The molecule has 8 heteroatoms. The van der Waals surface area contributed by atoms with Crippen molar-refractivity contribution in [3.8, 4) is 17.1 Å². The number of nitrogens with one attached hydrogen (secondary N) is 1. The number of thioether (sulfide) groups is 1. The summed E-state index contributed by atoms with van der Waals surface area (Å²) in [5.74, 6) is 2.18. The van der Waals surface area contributed by atoms with Crippen molar-refractivity contribution in [2.75, 3.05) is 7.11 Å². The third-order valence-electron chi connectivity index (χ3n) is 3.48. The van der Waals surface area contributed by atoms with Gasteiger partial charge < -0.3 is 14.2 Å². The van der Waals surface area contributed by atoms with Crippen LogP contribution in [0.3, 0.4) is 0 Å². The van der Waals surface area contributed by atoms with Gasteiger partial charge in [-0.2, -0.15) is 4.98 Å². The second kappa shape index (κ2) is 7.52. The van der Waals surface area contributed by atoms with E-state index in [0.717, 1.165) is 11.3 Å². The lowest BCUT2D eigenvalue weighted by atomic mass is 10.1. The number of aromatic nitrogens is 4.